The molecule has 1 aromatic heterocycles. The lowest BCUT2D eigenvalue weighted by molar-refractivity contribution is 0.288. The first-order chi connectivity index (χ1) is 9.27. The van der Waals surface area contributed by atoms with Crippen molar-refractivity contribution >= 4 is 17.4 Å². The summed E-state index contributed by atoms with van der Waals surface area (Å²) >= 11 is 6.03. The van der Waals surface area contributed by atoms with Gasteiger partial charge in [-0.25, -0.2) is 4.68 Å². The molecule has 100 valence electrons. The van der Waals surface area contributed by atoms with Crippen LogP contribution >= 0.6 is 11.6 Å². The maximum atomic E-state index is 6.04. The van der Waals surface area contributed by atoms with Gasteiger partial charge in [-0.15, -0.1) is 0 Å². The van der Waals surface area contributed by atoms with Gasteiger partial charge in [0.2, 0.25) is 0 Å². The van der Waals surface area contributed by atoms with Crippen LogP contribution < -0.4 is 5.73 Å². The third kappa shape index (κ3) is 2.35. The Kier molecular flexibility index (Phi) is 3.47. The highest BCUT2D eigenvalue weighted by Gasteiger charge is 2.29. The van der Waals surface area contributed by atoms with Crippen LogP contribution in [0.25, 0.3) is 0 Å². The highest BCUT2D eigenvalue weighted by atomic mass is 35.5. The third-order valence-electron chi connectivity index (χ3n) is 4.06. The molecule has 0 bridgehead atoms. The Balaban J connectivity index is 1.96. The summed E-state index contributed by atoms with van der Waals surface area (Å²) in [5.74, 6) is 1.07. The van der Waals surface area contributed by atoms with E-state index in [1.54, 1.807) is 6.20 Å². The van der Waals surface area contributed by atoms with Crippen LogP contribution in [0.3, 0.4) is 0 Å². The molecule has 3 rings (SSSR count). The number of hydrogen-bond donors (Lipinski definition) is 1. The van der Waals surface area contributed by atoms with E-state index < -0.39 is 0 Å². The fraction of sp³-hybridized carbons (Fsp3) is 0.400. The van der Waals surface area contributed by atoms with Crippen LogP contribution in [-0.2, 0) is 0 Å². The molecule has 2 atom stereocenters. The lowest BCUT2D eigenvalue weighted by Gasteiger charge is -2.32. The summed E-state index contributed by atoms with van der Waals surface area (Å²) in [6.07, 6.45) is 6.44. The minimum Gasteiger partial charge on any atom is -0.383 e. The first-order valence-corrected chi connectivity index (χ1v) is 7.18. The monoisotopic (exact) mass is 275 g/mol. The predicted molar refractivity (Wildman–Crippen MR) is 78.3 cm³/mol. The van der Waals surface area contributed by atoms with Crippen LogP contribution in [0.2, 0.25) is 5.02 Å². The van der Waals surface area contributed by atoms with Gasteiger partial charge in [0.25, 0.3) is 0 Å². The van der Waals surface area contributed by atoms with Gasteiger partial charge in [0.1, 0.15) is 10.8 Å². The van der Waals surface area contributed by atoms with Gasteiger partial charge in [-0.2, -0.15) is 5.10 Å². The van der Waals surface area contributed by atoms with Gasteiger partial charge in [0, 0.05) is 5.92 Å². The van der Waals surface area contributed by atoms with Crippen LogP contribution in [0.1, 0.15) is 43.2 Å². The van der Waals surface area contributed by atoms with E-state index in [1.807, 2.05) is 4.68 Å². The molecule has 2 aromatic rings. The second-order valence-electron chi connectivity index (χ2n) is 5.19. The van der Waals surface area contributed by atoms with Crippen molar-refractivity contribution in [2.45, 2.75) is 37.6 Å². The Hall–Kier alpha value is -1.48. The number of aromatic nitrogens is 2. The van der Waals surface area contributed by atoms with Crippen LogP contribution in [-0.4, -0.2) is 9.78 Å². The van der Waals surface area contributed by atoms with Crippen LogP contribution in [0.15, 0.2) is 36.5 Å². The summed E-state index contributed by atoms with van der Waals surface area (Å²) in [7, 11) is 0. The fourth-order valence-corrected chi connectivity index (χ4v) is 3.24. The standard InChI is InChI=1S/C15H18ClN3/c16-13-10-18-19(15(13)17)14-9-5-4-8-12(14)11-6-2-1-3-7-11/h1-3,6-7,10,12,14H,4-5,8-9,17H2. The minimum atomic E-state index is 0.323. The van der Waals surface area contributed by atoms with Crippen molar-refractivity contribution in [2.75, 3.05) is 5.73 Å². The topological polar surface area (TPSA) is 43.8 Å². The second kappa shape index (κ2) is 5.25. The van der Waals surface area contributed by atoms with Gasteiger partial charge in [0.15, 0.2) is 0 Å². The van der Waals surface area contributed by atoms with Crippen molar-refractivity contribution < 1.29 is 0 Å². The van der Waals surface area contributed by atoms with Crippen molar-refractivity contribution in [2.24, 2.45) is 0 Å². The summed E-state index contributed by atoms with van der Waals surface area (Å²) in [4.78, 5) is 0. The molecule has 0 spiro atoms. The first kappa shape index (κ1) is 12.5. The summed E-state index contributed by atoms with van der Waals surface area (Å²) in [6.45, 7) is 0. The van der Waals surface area contributed by atoms with Crippen LogP contribution in [0.5, 0.6) is 0 Å². The molecular formula is C15H18ClN3. The molecule has 0 radical (unpaired) electrons. The van der Waals surface area contributed by atoms with Gasteiger partial charge < -0.3 is 5.73 Å². The smallest absolute Gasteiger partial charge is 0.140 e. The molecular weight excluding hydrogens is 258 g/mol. The van der Waals surface area contributed by atoms with Gasteiger partial charge >= 0.3 is 0 Å². The molecule has 1 fully saturated rings. The highest BCUT2D eigenvalue weighted by molar-refractivity contribution is 6.32. The number of hydrogen-bond acceptors (Lipinski definition) is 2. The average Bonchev–Trinajstić information content (AvgIpc) is 2.80. The van der Waals surface area contributed by atoms with Crippen molar-refractivity contribution in [3.8, 4) is 0 Å². The normalized spacial score (nSPS) is 23.4. The number of halogens is 1. The maximum absolute atomic E-state index is 6.04. The zero-order valence-electron chi connectivity index (χ0n) is 10.8. The summed E-state index contributed by atoms with van der Waals surface area (Å²) in [6, 6.07) is 11.0. The number of benzene rings is 1. The zero-order chi connectivity index (χ0) is 13.2. The molecule has 1 aliphatic carbocycles. The van der Waals surface area contributed by atoms with E-state index in [4.69, 9.17) is 17.3 Å². The number of rotatable bonds is 2. The SMILES string of the molecule is Nc1c(Cl)cnn1C1CCCCC1c1ccccc1. The van der Waals surface area contributed by atoms with Crippen molar-refractivity contribution in [1.82, 2.24) is 9.78 Å². The van der Waals surface area contributed by atoms with Gasteiger partial charge in [-0.05, 0) is 18.4 Å². The molecule has 1 aromatic carbocycles. The summed E-state index contributed by atoms with van der Waals surface area (Å²) < 4.78 is 1.92. The molecule has 19 heavy (non-hydrogen) atoms. The van der Waals surface area contributed by atoms with Gasteiger partial charge in [-0.1, -0.05) is 54.8 Å². The lowest BCUT2D eigenvalue weighted by Crippen LogP contribution is -2.23. The van der Waals surface area contributed by atoms with E-state index in [1.165, 1.54) is 24.8 Å². The van der Waals surface area contributed by atoms with E-state index in [0.29, 0.717) is 22.8 Å². The predicted octanol–water partition coefficient (Wildman–Crippen LogP) is 4.02. The van der Waals surface area contributed by atoms with Crippen molar-refractivity contribution in [3.63, 3.8) is 0 Å². The van der Waals surface area contributed by atoms with E-state index in [2.05, 4.69) is 35.4 Å². The molecule has 3 nitrogen and oxygen atoms in total. The Labute approximate surface area is 118 Å². The Morgan fingerprint density at radius 1 is 1.16 bits per heavy atom. The largest absolute Gasteiger partial charge is 0.383 e. The van der Waals surface area contributed by atoms with Crippen molar-refractivity contribution in [3.05, 3.63) is 47.1 Å². The highest BCUT2D eigenvalue weighted by Crippen LogP contribution is 2.42. The average molecular weight is 276 g/mol. The van der Waals surface area contributed by atoms with Gasteiger partial charge in [-0.3, -0.25) is 0 Å². The number of nitrogens with two attached hydrogens (primary N) is 1. The Morgan fingerprint density at radius 3 is 2.58 bits per heavy atom. The molecule has 0 aliphatic heterocycles. The Morgan fingerprint density at radius 2 is 1.89 bits per heavy atom. The van der Waals surface area contributed by atoms with Crippen molar-refractivity contribution in [1.29, 1.82) is 0 Å². The second-order valence-corrected chi connectivity index (χ2v) is 5.60. The summed E-state index contributed by atoms with van der Waals surface area (Å²) in [5, 5.41) is 4.93. The fourth-order valence-electron chi connectivity index (χ4n) is 3.11. The molecule has 1 heterocycles. The first-order valence-electron chi connectivity index (χ1n) is 6.81. The summed E-state index contributed by atoms with van der Waals surface area (Å²) in [5.41, 5.74) is 7.42. The maximum Gasteiger partial charge on any atom is 0.140 e. The molecule has 2 unspecified atom stereocenters. The lowest BCUT2D eigenvalue weighted by atomic mass is 9.80. The minimum absolute atomic E-state index is 0.323. The van der Waals surface area contributed by atoms with E-state index in [0.717, 1.165) is 6.42 Å². The third-order valence-corrected chi connectivity index (χ3v) is 4.35. The number of anilines is 1. The molecule has 1 aliphatic rings. The Bertz CT molecular complexity index is 550. The van der Waals surface area contributed by atoms with E-state index in [9.17, 15) is 0 Å². The molecule has 0 amide bonds. The van der Waals surface area contributed by atoms with E-state index in [-0.39, 0.29) is 0 Å². The quantitative estimate of drug-likeness (QED) is 0.900. The number of nitrogens with zero attached hydrogens (tertiary/aromatic N) is 2. The van der Waals surface area contributed by atoms with Gasteiger partial charge in [0.05, 0.1) is 12.2 Å². The molecule has 0 saturated heterocycles. The molecule has 1 saturated carbocycles. The van der Waals surface area contributed by atoms with Crippen LogP contribution in [0.4, 0.5) is 5.82 Å². The molecule has 2 N–H and O–H groups in total. The van der Waals surface area contributed by atoms with Crippen LogP contribution in [0, 0.1) is 0 Å². The van der Waals surface area contributed by atoms with E-state index >= 15 is 0 Å². The molecule has 4 heteroatoms. The number of nitrogen functional groups attached to an aromatic ring is 1. The zero-order valence-corrected chi connectivity index (χ0v) is 11.6.